The SMILES string of the molecule is NNc1cc(Sc2cc(F)ccc2F)cc([N+](=O)[O-])c1. The van der Waals surface area contributed by atoms with Crippen molar-refractivity contribution in [1.82, 2.24) is 0 Å². The molecule has 0 fully saturated rings. The van der Waals surface area contributed by atoms with Gasteiger partial charge in [-0.1, -0.05) is 11.8 Å². The third-order valence-corrected chi connectivity index (χ3v) is 3.39. The molecule has 0 aliphatic rings. The second-order valence-electron chi connectivity index (χ2n) is 3.79. The lowest BCUT2D eigenvalue weighted by Crippen LogP contribution is -2.07. The summed E-state index contributed by atoms with van der Waals surface area (Å²) in [6, 6.07) is 7.02. The molecular formula is C12H9F2N3O2S. The molecule has 8 heteroatoms. The molecule has 2 aromatic carbocycles. The van der Waals surface area contributed by atoms with Crippen LogP contribution in [-0.4, -0.2) is 4.92 Å². The summed E-state index contributed by atoms with van der Waals surface area (Å²) < 4.78 is 26.6. The van der Waals surface area contributed by atoms with Crippen LogP contribution in [0.1, 0.15) is 0 Å². The van der Waals surface area contributed by atoms with Crippen molar-refractivity contribution < 1.29 is 13.7 Å². The normalized spacial score (nSPS) is 10.3. The van der Waals surface area contributed by atoms with Gasteiger partial charge in [0, 0.05) is 17.0 Å². The monoisotopic (exact) mass is 297 g/mol. The molecule has 0 aliphatic carbocycles. The molecule has 0 bridgehead atoms. The molecule has 2 aromatic rings. The van der Waals surface area contributed by atoms with Crippen LogP contribution in [0.2, 0.25) is 0 Å². The zero-order chi connectivity index (χ0) is 14.7. The second kappa shape index (κ2) is 5.85. The maximum absolute atomic E-state index is 13.5. The van der Waals surface area contributed by atoms with Gasteiger partial charge in [-0.2, -0.15) is 0 Å². The number of hydrogen-bond donors (Lipinski definition) is 2. The fourth-order valence-electron chi connectivity index (χ4n) is 1.51. The van der Waals surface area contributed by atoms with Gasteiger partial charge in [0.15, 0.2) is 0 Å². The van der Waals surface area contributed by atoms with E-state index in [1.54, 1.807) is 0 Å². The highest BCUT2D eigenvalue weighted by atomic mass is 32.2. The molecule has 0 aromatic heterocycles. The number of nitro benzene ring substituents is 1. The largest absolute Gasteiger partial charge is 0.324 e. The van der Waals surface area contributed by atoms with E-state index in [0.717, 1.165) is 30.0 Å². The maximum atomic E-state index is 13.5. The van der Waals surface area contributed by atoms with E-state index in [9.17, 15) is 18.9 Å². The van der Waals surface area contributed by atoms with Gasteiger partial charge in [0.05, 0.1) is 15.5 Å². The van der Waals surface area contributed by atoms with Gasteiger partial charge in [-0.15, -0.1) is 0 Å². The minimum atomic E-state index is -0.606. The van der Waals surface area contributed by atoms with Crippen molar-refractivity contribution in [2.75, 3.05) is 5.43 Å². The Kier molecular flexibility index (Phi) is 4.16. The quantitative estimate of drug-likeness (QED) is 0.514. The van der Waals surface area contributed by atoms with Gasteiger partial charge >= 0.3 is 0 Å². The second-order valence-corrected chi connectivity index (χ2v) is 4.91. The van der Waals surface area contributed by atoms with E-state index < -0.39 is 16.6 Å². The van der Waals surface area contributed by atoms with Crippen LogP contribution in [-0.2, 0) is 0 Å². The molecule has 104 valence electrons. The first-order valence-corrected chi connectivity index (χ1v) is 6.20. The van der Waals surface area contributed by atoms with Crippen LogP contribution >= 0.6 is 11.8 Å². The Bertz CT molecular complexity index is 667. The third-order valence-electron chi connectivity index (χ3n) is 2.39. The van der Waals surface area contributed by atoms with E-state index in [2.05, 4.69) is 5.43 Å². The maximum Gasteiger partial charge on any atom is 0.272 e. The summed E-state index contributed by atoms with van der Waals surface area (Å²) in [7, 11) is 0. The fourth-order valence-corrected chi connectivity index (χ4v) is 2.47. The van der Waals surface area contributed by atoms with Crippen LogP contribution < -0.4 is 11.3 Å². The minimum absolute atomic E-state index is 0.0356. The molecule has 0 saturated heterocycles. The molecule has 0 aliphatic heterocycles. The van der Waals surface area contributed by atoms with Crippen molar-refractivity contribution in [3.63, 3.8) is 0 Å². The number of nitrogen functional groups attached to an aromatic ring is 1. The highest BCUT2D eigenvalue weighted by Gasteiger charge is 2.12. The zero-order valence-electron chi connectivity index (χ0n) is 9.97. The molecule has 0 unspecified atom stereocenters. The number of hydrazine groups is 1. The Morgan fingerprint density at radius 2 is 1.95 bits per heavy atom. The number of nitrogens with one attached hydrogen (secondary N) is 1. The lowest BCUT2D eigenvalue weighted by molar-refractivity contribution is -0.385. The number of hydrogen-bond acceptors (Lipinski definition) is 5. The van der Waals surface area contributed by atoms with Gasteiger partial charge in [0.2, 0.25) is 0 Å². The first kappa shape index (κ1) is 14.2. The van der Waals surface area contributed by atoms with Crippen molar-refractivity contribution in [2.24, 2.45) is 5.84 Å². The van der Waals surface area contributed by atoms with E-state index in [-0.39, 0.29) is 10.6 Å². The number of benzene rings is 2. The fraction of sp³-hybridized carbons (Fsp3) is 0. The highest BCUT2D eigenvalue weighted by molar-refractivity contribution is 7.99. The molecule has 20 heavy (non-hydrogen) atoms. The van der Waals surface area contributed by atoms with E-state index >= 15 is 0 Å². The molecule has 5 nitrogen and oxygen atoms in total. The zero-order valence-corrected chi connectivity index (χ0v) is 10.8. The lowest BCUT2D eigenvalue weighted by Gasteiger charge is -2.06. The molecule has 0 saturated carbocycles. The lowest BCUT2D eigenvalue weighted by atomic mass is 10.3. The molecule has 3 N–H and O–H groups in total. The van der Waals surface area contributed by atoms with Gasteiger partial charge in [-0.25, -0.2) is 8.78 Å². The van der Waals surface area contributed by atoms with Gasteiger partial charge in [0.25, 0.3) is 5.69 Å². The summed E-state index contributed by atoms with van der Waals surface area (Å²) in [5.74, 6) is 4.03. The smallest absolute Gasteiger partial charge is 0.272 e. The van der Waals surface area contributed by atoms with Crippen molar-refractivity contribution in [1.29, 1.82) is 0 Å². The summed E-state index contributed by atoms with van der Waals surface area (Å²) in [5.41, 5.74) is 2.40. The van der Waals surface area contributed by atoms with Crippen molar-refractivity contribution >= 4 is 23.1 Å². The molecular weight excluding hydrogens is 288 g/mol. The number of nitrogens with two attached hydrogens (primary N) is 1. The van der Waals surface area contributed by atoms with E-state index in [0.29, 0.717) is 10.6 Å². The first-order valence-electron chi connectivity index (χ1n) is 5.38. The Morgan fingerprint density at radius 1 is 1.20 bits per heavy atom. The van der Waals surface area contributed by atoms with Crippen molar-refractivity contribution in [3.8, 4) is 0 Å². The van der Waals surface area contributed by atoms with E-state index in [1.165, 1.54) is 18.2 Å². The van der Waals surface area contributed by atoms with Crippen LogP contribution in [0.3, 0.4) is 0 Å². The predicted octanol–water partition coefficient (Wildman–Crippen LogP) is 3.31. The van der Waals surface area contributed by atoms with Gasteiger partial charge in [-0.3, -0.25) is 16.0 Å². The third kappa shape index (κ3) is 3.22. The highest BCUT2D eigenvalue weighted by Crippen LogP contribution is 2.34. The average molecular weight is 297 g/mol. The summed E-state index contributed by atoms with van der Waals surface area (Å²) in [6.45, 7) is 0. The van der Waals surface area contributed by atoms with E-state index in [1.807, 2.05) is 0 Å². The predicted molar refractivity (Wildman–Crippen MR) is 71.4 cm³/mol. The minimum Gasteiger partial charge on any atom is -0.324 e. The van der Waals surface area contributed by atoms with Crippen LogP contribution in [0.15, 0.2) is 46.2 Å². The van der Waals surface area contributed by atoms with Gasteiger partial charge < -0.3 is 5.43 Å². The number of rotatable bonds is 4. The topological polar surface area (TPSA) is 81.2 Å². The summed E-state index contributed by atoms with van der Waals surface area (Å²) in [5, 5.41) is 10.8. The Labute approximate surface area is 116 Å². The number of anilines is 1. The summed E-state index contributed by atoms with van der Waals surface area (Å²) in [6.07, 6.45) is 0. The molecule has 0 spiro atoms. The van der Waals surface area contributed by atoms with Crippen molar-refractivity contribution in [2.45, 2.75) is 9.79 Å². The standard InChI is InChI=1S/C12H9F2N3O2S/c13-7-1-2-11(14)12(3-7)20-10-5-8(16-15)4-9(6-10)17(18)19/h1-6,16H,15H2. The molecule has 2 rings (SSSR count). The van der Waals surface area contributed by atoms with Crippen LogP contribution in [0, 0.1) is 21.7 Å². The van der Waals surface area contributed by atoms with Crippen LogP contribution in [0.25, 0.3) is 0 Å². The Hall–Kier alpha value is -2.19. The summed E-state index contributed by atoms with van der Waals surface area (Å²) >= 11 is 0.874. The average Bonchev–Trinajstić information content (AvgIpc) is 2.42. The molecule has 0 amide bonds. The van der Waals surface area contributed by atoms with Gasteiger partial charge in [-0.05, 0) is 24.3 Å². The number of non-ortho nitro benzene ring substituents is 1. The van der Waals surface area contributed by atoms with Gasteiger partial charge in [0.1, 0.15) is 11.6 Å². The van der Waals surface area contributed by atoms with Crippen molar-refractivity contribution in [3.05, 3.63) is 58.1 Å². The first-order chi connectivity index (χ1) is 9.49. The number of nitro groups is 1. The Morgan fingerprint density at radius 3 is 2.60 bits per heavy atom. The Balaban J connectivity index is 2.39. The molecule has 0 radical (unpaired) electrons. The number of nitrogens with zero attached hydrogens (tertiary/aromatic N) is 1. The van der Waals surface area contributed by atoms with Crippen LogP contribution in [0.5, 0.6) is 0 Å². The van der Waals surface area contributed by atoms with E-state index in [4.69, 9.17) is 5.84 Å². The summed E-state index contributed by atoms with van der Waals surface area (Å²) in [4.78, 5) is 10.6. The molecule has 0 heterocycles. The van der Waals surface area contributed by atoms with Crippen LogP contribution in [0.4, 0.5) is 20.2 Å². The molecule has 0 atom stereocenters. The number of halogens is 2.